The minimum absolute atomic E-state index is 0.198. The minimum atomic E-state index is -0.198. The van der Waals surface area contributed by atoms with E-state index in [4.69, 9.17) is 4.74 Å². The fraction of sp³-hybridized carbons (Fsp3) is 0.0952. The number of halogens is 1. The zero-order valence-corrected chi connectivity index (χ0v) is 16.8. The molecule has 0 fully saturated rings. The zero-order chi connectivity index (χ0) is 18.8. The summed E-state index contributed by atoms with van der Waals surface area (Å²) in [5.74, 6) is 0.481. The van der Waals surface area contributed by atoms with Crippen LogP contribution in [0.2, 0.25) is 0 Å². The van der Waals surface area contributed by atoms with Gasteiger partial charge in [0.1, 0.15) is 12.4 Å². The van der Waals surface area contributed by atoms with Crippen molar-refractivity contribution in [3.8, 4) is 11.8 Å². The van der Waals surface area contributed by atoms with Crippen LogP contribution in [0.5, 0.6) is 6.01 Å². The highest BCUT2D eigenvalue weighted by atomic mass is 127. The number of hydrogen-bond donors (Lipinski definition) is 0. The standard InChI is InChI=1S/C21H16IN3O2/c1-14-5-7-15(8-6-14)13-27-21-24-18-10-9-16(22)12-17(18)20(26)25(21)19-4-2-3-11-23-19/h2-12H,13H2,1H3. The summed E-state index contributed by atoms with van der Waals surface area (Å²) in [6, 6.07) is 19.3. The Bertz CT molecular complexity index is 1160. The van der Waals surface area contributed by atoms with Crippen molar-refractivity contribution in [1.29, 1.82) is 0 Å². The van der Waals surface area contributed by atoms with Crippen molar-refractivity contribution >= 4 is 33.5 Å². The van der Waals surface area contributed by atoms with Gasteiger partial charge in [-0.25, -0.2) is 9.55 Å². The first-order valence-electron chi connectivity index (χ1n) is 8.44. The molecular formula is C21H16IN3O2. The molecule has 0 N–H and O–H groups in total. The Balaban J connectivity index is 1.83. The molecule has 2 aromatic heterocycles. The summed E-state index contributed by atoms with van der Waals surface area (Å²) in [4.78, 5) is 22.0. The summed E-state index contributed by atoms with van der Waals surface area (Å²) >= 11 is 2.18. The van der Waals surface area contributed by atoms with E-state index in [2.05, 4.69) is 32.6 Å². The second-order valence-electron chi connectivity index (χ2n) is 6.16. The number of aromatic nitrogens is 3. The molecule has 6 heteroatoms. The van der Waals surface area contributed by atoms with Gasteiger partial charge in [-0.05, 0) is 65.4 Å². The van der Waals surface area contributed by atoms with Crippen molar-refractivity contribution in [3.05, 3.63) is 91.9 Å². The van der Waals surface area contributed by atoms with Gasteiger partial charge in [-0.2, -0.15) is 4.98 Å². The molecule has 0 saturated heterocycles. The van der Waals surface area contributed by atoms with Crippen LogP contribution >= 0.6 is 22.6 Å². The normalized spacial score (nSPS) is 10.9. The van der Waals surface area contributed by atoms with Crippen LogP contribution in [0, 0.1) is 10.5 Å². The summed E-state index contributed by atoms with van der Waals surface area (Å²) in [7, 11) is 0. The SMILES string of the molecule is Cc1ccc(COc2nc3ccc(I)cc3c(=O)n2-c2ccccn2)cc1. The van der Waals surface area contributed by atoms with Crippen LogP contribution in [-0.2, 0) is 6.61 Å². The lowest BCUT2D eigenvalue weighted by atomic mass is 10.2. The highest BCUT2D eigenvalue weighted by molar-refractivity contribution is 14.1. The summed E-state index contributed by atoms with van der Waals surface area (Å²) in [5, 5.41) is 0.537. The van der Waals surface area contributed by atoms with Gasteiger partial charge >= 0.3 is 6.01 Å². The van der Waals surface area contributed by atoms with Gasteiger partial charge in [0.05, 0.1) is 10.9 Å². The Hall–Kier alpha value is -2.74. The van der Waals surface area contributed by atoms with E-state index in [9.17, 15) is 4.79 Å². The number of aryl methyl sites for hydroxylation is 1. The van der Waals surface area contributed by atoms with E-state index >= 15 is 0 Å². The third-order valence-electron chi connectivity index (χ3n) is 4.17. The monoisotopic (exact) mass is 469 g/mol. The molecule has 2 aromatic carbocycles. The highest BCUT2D eigenvalue weighted by Crippen LogP contribution is 2.19. The molecule has 0 amide bonds. The van der Waals surface area contributed by atoms with Crippen LogP contribution in [0.3, 0.4) is 0 Å². The van der Waals surface area contributed by atoms with Crippen LogP contribution in [0.15, 0.2) is 71.7 Å². The molecule has 0 aliphatic carbocycles. The van der Waals surface area contributed by atoms with Crippen molar-refractivity contribution < 1.29 is 4.74 Å². The van der Waals surface area contributed by atoms with E-state index in [0.717, 1.165) is 9.13 Å². The first kappa shape index (κ1) is 17.7. The van der Waals surface area contributed by atoms with Gasteiger partial charge in [-0.15, -0.1) is 0 Å². The molecule has 0 aliphatic rings. The lowest BCUT2D eigenvalue weighted by Crippen LogP contribution is -2.23. The Labute approximate surface area is 169 Å². The number of pyridine rings is 1. The minimum Gasteiger partial charge on any atom is -0.459 e. The van der Waals surface area contributed by atoms with Crippen LogP contribution in [0.25, 0.3) is 16.7 Å². The maximum Gasteiger partial charge on any atom is 0.306 e. The van der Waals surface area contributed by atoms with E-state index in [1.807, 2.05) is 55.5 Å². The van der Waals surface area contributed by atoms with Gasteiger partial charge in [0, 0.05) is 9.77 Å². The van der Waals surface area contributed by atoms with Crippen LogP contribution in [0.4, 0.5) is 0 Å². The van der Waals surface area contributed by atoms with Gasteiger partial charge in [0.2, 0.25) is 0 Å². The highest BCUT2D eigenvalue weighted by Gasteiger charge is 2.15. The predicted octanol–water partition coefficient (Wildman–Crippen LogP) is 4.27. The second-order valence-corrected chi connectivity index (χ2v) is 7.40. The predicted molar refractivity (Wildman–Crippen MR) is 113 cm³/mol. The Morgan fingerprint density at radius 3 is 2.63 bits per heavy atom. The first-order valence-corrected chi connectivity index (χ1v) is 9.52. The van der Waals surface area contributed by atoms with Crippen LogP contribution < -0.4 is 10.3 Å². The molecule has 0 atom stereocenters. The van der Waals surface area contributed by atoms with Crippen molar-refractivity contribution in [2.24, 2.45) is 0 Å². The first-order chi connectivity index (χ1) is 13.1. The lowest BCUT2D eigenvalue weighted by Gasteiger charge is -2.13. The zero-order valence-electron chi connectivity index (χ0n) is 14.6. The van der Waals surface area contributed by atoms with Crippen molar-refractivity contribution in [1.82, 2.24) is 14.5 Å². The van der Waals surface area contributed by atoms with Gasteiger partial charge in [-0.1, -0.05) is 35.9 Å². The fourth-order valence-corrected chi connectivity index (χ4v) is 3.25. The summed E-state index contributed by atoms with van der Waals surface area (Å²) < 4.78 is 8.34. The molecule has 4 rings (SSSR count). The van der Waals surface area contributed by atoms with E-state index in [0.29, 0.717) is 23.3 Å². The molecule has 0 spiro atoms. The molecule has 4 aromatic rings. The average molecular weight is 469 g/mol. The van der Waals surface area contributed by atoms with Crippen LogP contribution in [0.1, 0.15) is 11.1 Å². The van der Waals surface area contributed by atoms with Gasteiger partial charge in [-0.3, -0.25) is 4.79 Å². The van der Waals surface area contributed by atoms with Crippen LogP contribution in [-0.4, -0.2) is 14.5 Å². The number of nitrogens with zero attached hydrogens (tertiary/aromatic N) is 3. The lowest BCUT2D eigenvalue weighted by molar-refractivity contribution is 0.272. The summed E-state index contributed by atoms with van der Waals surface area (Å²) in [6.45, 7) is 2.35. The smallest absolute Gasteiger partial charge is 0.306 e. The molecular weight excluding hydrogens is 453 g/mol. The Morgan fingerprint density at radius 2 is 1.89 bits per heavy atom. The van der Waals surface area contributed by atoms with Gasteiger partial charge in [0.25, 0.3) is 5.56 Å². The van der Waals surface area contributed by atoms with E-state index in [-0.39, 0.29) is 11.6 Å². The fourth-order valence-electron chi connectivity index (χ4n) is 2.75. The number of benzene rings is 2. The molecule has 0 unspecified atom stereocenters. The summed E-state index contributed by atoms with van der Waals surface area (Å²) in [6.07, 6.45) is 1.64. The summed E-state index contributed by atoms with van der Waals surface area (Å²) in [5.41, 5.74) is 2.59. The second kappa shape index (κ2) is 7.48. The van der Waals surface area contributed by atoms with E-state index in [1.54, 1.807) is 18.3 Å². The van der Waals surface area contributed by atoms with Crippen molar-refractivity contribution in [2.75, 3.05) is 0 Å². The molecule has 0 saturated carbocycles. The number of ether oxygens (including phenoxy) is 1. The molecule has 0 bridgehead atoms. The molecule has 2 heterocycles. The topological polar surface area (TPSA) is 57.0 Å². The van der Waals surface area contributed by atoms with Gasteiger partial charge < -0.3 is 4.74 Å². The van der Waals surface area contributed by atoms with Gasteiger partial charge in [0.15, 0.2) is 0 Å². The van der Waals surface area contributed by atoms with E-state index < -0.39 is 0 Å². The largest absolute Gasteiger partial charge is 0.459 e. The average Bonchev–Trinajstić information content (AvgIpc) is 2.69. The molecule has 0 aliphatic heterocycles. The number of fused-ring (bicyclic) bond motifs is 1. The van der Waals surface area contributed by atoms with E-state index in [1.165, 1.54) is 10.1 Å². The number of rotatable bonds is 4. The molecule has 0 radical (unpaired) electrons. The molecule has 134 valence electrons. The van der Waals surface area contributed by atoms with Crippen molar-refractivity contribution in [2.45, 2.75) is 13.5 Å². The maximum absolute atomic E-state index is 13.2. The maximum atomic E-state index is 13.2. The third-order valence-corrected chi connectivity index (χ3v) is 4.84. The number of hydrogen-bond acceptors (Lipinski definition) is 4. The third kappa shape index (κ3) is 3.71. The quantitative estimate of drug-likeness (QED) is 0.419. The Kier molecular flexibility index (Phi) is 4.89. The van der Waals surface area contributed by atoms with Crippen molar-refractivity contribution in [3.63, 3.8) is 0 Å². The Morgan fingerprint density at radius 1 is 1.07 bits per heavy atom. The molecule has 5 nitrogen and oxygen atoms in total. The molecule has 27 heavy (non-hydrogen) atoms.